The molecule has 2 heteroatoms. The van der Waals surface area contributed by atoms with Crippen LogP contribution in [0.2, 0.25) is 0 Å². The van der Waals surface area contributed by atoms with E-state index in [0.29, 0.717) is 0 Å². The third-order valence-electron chi connectivity index (χ3n) is 5.74. The number of hydrogen-bond acceptors (Lipinski definition) is 2. The second kappa shape index (κ2) is 11.0. The molecule has 0 saturated carbocycles. The third-order valence-corrected chi connectivity index (χ3v) is 5.74. The number of fused-ring (bicyclic) bond motifs is 2. The highest BCUT2D eigenvalue weighted by Crippen LogP contribution is 2.29. The van der Waals surface area contributed by atoms with E-state index in [2.05, 4.69) is 13.0 Å². The van der Waals surface area contributed by atoms with Crippen LogP contribution in [-0.4, -0.2) is 12.4 Å². The molecule has 0 radical (unpaired) electrons. The smallest absolute Gasteiger partial charge is 0.193 e. The molecule has 0 bridgehead atoms. The van der Waals surface area contributed by atoms with Gasteiger partial charge in [0.25, 0.3) is 0 Å². The summed E-state index contributed by atoms with van der Waals surface area (Å²) in [6.45, 7) is 3.00. The maximum atomic E-state index is 12.8. The number of ketones is 1. The summed E-state index contributed by atoms with van der Waals surface area (Å²) in [4.78, 5) is 12.8. The molecule has 0 atom stereocenters. The maximum Gasteiger partial charge on any atom is 0.193 e. The van der Waals surface area contributed by atoms with Gasteiger partial charge >= 0.3 is 0 Å². The van der Waals surface area contributed by atoms with Crippen molar-refractivity contribution in [1.29, 1.82) is 0 Å². The van der Waals surface area contributed by atoms with Gasteiger partial charge in [-0.1, -0.05) is 95.0 Å². The average Bonchev–Trinajstić information content (AvgIpc) is 2.72. The van der Waals surface area contributed by atoms with Gasteiger partial charge in [-0.3, -0.25) is 4.79 Å². The van der Waals surface area contributed by atoms with Crippen molar-refractivity contribution in [3.8, 4) is 5.75 Å². The molecule has 2 aromatic carbocycles. The van der Waals surface area contributed by atoms with Gasteiger partial charge < -0.3 is 4.74 Å². The zero-order valence-corrected chi connectivity index (χ0v) is 17.3. The van der Waals surface area contributed by atoms with Crippen molar-refractivity contribution in [2.45, 2.75) is 77.6 Å². The molecule has 0 heterocycles. The lowest BCUT2D eigenvalue weighted by Gasteiger charge is -2.19. The first-order chi connectivity index (χ1) is 13.8. The van der Waals surface area contributed by atoms with Crippen LogP contribution in [-0.2, 0) is 6.42 Å². The summed E-state index contributed by atoms with van der Waals surface area (Å²) in [5, 5.41) is 0. The summed E-state index contributed by atoms with van der Waals surface area (Å²) in [5.41, 5.74) is 3.87. The normalized spacial score (nSPS) is 12.5. The van der Waals surface area contributed by atoms with Crippen LogP contribution in [0.15, 0.2) is 42.5 Å². The number of hydrogen-bond donors (Lipinski definition) is 0. The van der Waals surface area contributed by atoms with E-state index in [9.17, 15) is 4.79 Å². The number of carbonyl (C=O) groups excluding carboxylic acids is 1. The number of rotatable bonds is 12. The van der Waals surface area contributed by atoms with Gasteiger partial charge in [-0.2, -0.15) is 0 Å². The van der Waals surface area contributed by atoms with Crippen molar-refractivity contribution in [2.75, 3.05) is 6.61 Å². The van der Waals surface area contributed by atoms with Gasteiger partial charge in [0.05, 0.1) is 6.61 Å². The Morgan fingerprint density at radius 2 is 1.39 bits per heavy atom. The van der Waals surface area contributed by atoms with E-state index in [1.54, 1.807) is 0 Å². The van der Waals surface area contributed by atoms with E-state index >= 15 is 0 Å². The summed E-state index contributed by atoms with van der Waals surface area (Å²) < 4.78 is 5.93. The first-order valence-electron chi connectivity index (χ1n) is 11.2. The zero-order chi connectivity index (χ0) is 19.6. The largest absolute Gasteiger partial charge is 0.494 e. The molecule has 1 aliphatic rings. The van der Waals surface area contributed by atoms with Gasteiger partial charge in [0.2, 0.25) is 0 Å². The lowest BCUT2D eigenvalue weighted by Crippen LogP contribution is -2.15. The number of unbranched alkanes of at least 4 members (excludes halogenated alkanes) is 9. The molecule has 0 fully saturated rings. The molecule has 3 rings (SSSR count). The number of ether oxygens (including phenoxy) is 1. The van der Waals surface area contributed by atoms with Crippen LogP contribution in [0.1, 0.15) is 98.2 Å². The number of benzene rings is 2. The molecular weight excluding hydrogens is 344 g/mol. The molecule has 0 unspecified atom stereocenters. The molecular formula is C26H34O2. The fraction of sp³-hybridized carbons (Fsp3) is 0.500. The van der Waals surface area contributed by atoms with Crippen LogP contribution in [0.4, 0.5) is 0 Å². The predicted octanol–water partition coefficient (Wildman–Crippen LogP) is 7.12. The Kier molecular flexibility index (Phi) is 8.14. The van der Waals surface area contributed by atoms with E-state index in [4.69, 9.17) is 4.74 Å². The predicted molar refractivity (Wildman–Crippen MR) is 116 cm³/mol. The fourth-order valence-corrected chi connectivity index (χ4v) is 4.04. The quantitative estimate of drug-likeness (QED) is 0.314. The summed E-state index contributed by atoms with van der Waals surface area (Å²) in [6.07, 6.45) is 14.1. The topological polar surface area (TPSA) is 26.3 Å². The van der Waals surface area contributed by atoms with E-state index in [1.165, 1.54) is 57.8 Å². The van der Waals surface area contributed by atoms with Crippen molar-refractivity contribution in [3.63, 3.8) is 0 Å². The minimum absolute atomic E-state index is 0.126. The van der Waals surface area contributed by atoms with Crippen molar-refractivity contribution >= 4 is 5.78 Å². The van der Waals surface area contributed by atoms with Crippen molar-refractivity contribution in [2.24, 2.45) is 0 Å². The molecule has 0 spiro atoms. The van der Waals surface area contributed by atoms with Gasteiger partial charge in [-0.05, 0) is 36.1 Å². The second-order valence-corrected chi connectivity index (χ2v) is 8.01. The van der Waals surface area contributed by atoms with Crippen LogP contribution in [0, 0.1) is 0 Å². The Balaban J connectivity index is 1.36. The Morgan fingerprint density at radius 3 is 2.14 bits per heavy atom. The van der Waals surface area contributed by atoms with Crippen LogP contribution >= 0.6 is 0 Å². The molecule has 0 aromatic heterocycles. The molecule has 0 N–H and O–H groups in total. The van der Waals surface area contributed by atoms with Gasteiger partial charge in [0.15, 0.2) is 5.78 Å². The first-order valence-corrected chi connectivity index (χ1v) is 11.2. The van der Waals surface area contributed by atoms with Crippen LogP contribution in [0.3, 0.4) is 0 Å². The monoisotopic (exact) mass is 378 g/mol. The van der Waals surface area contributed by atoms with Crippen molar-refractivity contribution < 1.29 is 9.53 Å². The summed E-state index contributed by atoms with van der Waals surface area (Å²) in [6, 6.07) is 13.9. The summed E-state index contributed by atoms with van der Waals surface area (Å²) >= 11 is 0. The Bertz CT molecular complexity index is 763. The molecule has 2 aromatic rings. The molecule has 0 saturated heterocycles. The van der Waals surface area contributed by atoms with Gasteiger partial charge in [-0.15, -0.1) is 0 Å². The van der Waals surface area contributed by atoms with E-state index in [-0.39, 0.29) is 5.78 Å². The van der Waals surface area contributed by atoms with Gasteiger partial charge in [0.1, 0.15) is 5.75 Å². The highest BCUT2D eigenvalue weighted by atomic mass is 16.5. The lowest BCUT2D eigenvalue weighted by atomic mass is 9.85. The van der Waals surface area contributed by atoms with Crippen LogP contribution in [0.25, 0.3) is 0 Å². The Hall–Kier alpha value is -2.09. The molecule has 2 nitrogen and oxygen atoms in total. The van der Waals surface area contributed by atoms with E-state index in [0.717, 1.165) is 47.5 Å². The molecule has 0 aliphatic heterocycles. The highest BCUT2D eigenvalue weighted by molar-refractivity contribution is 6.12. The third kappa shape index (κ3) is 5.70. The first kappa shape index (κ1) is 20.6. The maximum absolute atomic E-state index is 12.8. The van der Waals surface area contributed by atoms with Crippen LogP contribution < -0.4 is 4.74 Å². The van der Waals surface area contributed by atoms with E-state index < -0.39 is 0 Å². The zero-order valence-electron chi connectivity index (χ0n) is 17.3. The molecule has 0 amide bonds. The SMILES string of the molecule is CCCCCCCCCCCCOc1ccc2c(c1)C(=O)c1ccccc1C2. The van der Waals surface area contributed by atoms with E-state index in [1.807, 2.05) is 36.4 Å². The molecule has 28 heavy (non-hydrogen) atoms. The standard InChI is InChI=1S/C26H34O2/c1-2-3-4-5-6-7-8-9-10-13-18-28-23-17-16-22-19-21-14-11-12-15-24(21)26(27)25(22)20-23/h11-12,14-17,20H,2-10,13,18-19H2,1H3. The van der Waals surface area contributed by atoms with Crippen molar-refractivity contribution in [1.82, 2.24) is 0 Å². The Labute approximate surface area is 170 Å². The molecule has 1 aliphatic carbocycles. The minimum Gasteiger partial charge on any atom is -0.494 e. The molecule has 150 valence electrons. The summed E-state index contributed by atoms with van der Waals surface area (Å²) in [7, 11) is 0. The Morgan fingerprint density at radius 1 is 0.750 bits per heavy atom. The fourth-order valence-electron chi connectivity index (χ4n) is 4.04. The van der Waals surface area contributed by atoms with Crippen LogP contribution in [0.5, 0.6) is 5.75 Å². The van der Waals surface area contributed by atoms with Crippen molar-refractivity contribution in [3.05, 3.63) is 64.7 Å². The lowest BCUT2D eigenvalue weighted by molar-refractivity contribution is 0.103. The average molecular weight is 379 g/mol. The van der Waals surface area contributed by atoms with Gasteiger partial charge in [0, 0.05) is 11.1 Å². The highest BCUT2D eigenvalue weighted by Gasteiger charge is 2.23. The second-order valence-electron chi connectivity index (χ2n) is 8.01. The number of carbonyl (C=O) groups is 1. The summed E-state index contributed by atoms with van der Waals surface area (Å²) in [5.74, 6) is 0.948. The van der Waals surface area contributed by atoms with Gasteiger partial charge in [-0.25, -0.2) is 0 Å². The minimum atomic E-state index is 0.126.